The molecule has 0 N–H and O–H groups in total. The van der Waals surface area contributed by atoms with Gasteiger partial charge in [0.1, 0.15) is 12.4 Å². The topological polar surface area (TPSA) is 82.9 Å². The standard InChI is InChI=1S/C36H48N8O2/c1-25-19-35(13-8-16-43(35)21-25)24-46-34-37-31-20-36(14-7-11-26-10-5-6-12-29(26)36)41(4)23-28(31)32(38-34)42-15-9-17-44-27(22-42)18-30(39-44)33(45)40(2)3/h5-6,10,12,18,25H,7-9,11,13-17,19-24H2,1-4H3/t25-,35+,36+/m1/s1. The van der Waals surface area contributed by atoms with Gasteiger partial charge in [-0.3, -0.25) is 19.3 Å². The van der Waals surface area contributed by atoms with Gasteiger partial charge in [0.25, 0.3) is 5.91 Å². The lowest BCUT2D eigenvalue weighted by atomic mass is 9.71. The minimum atomic E-state index is -0.0780. The summed E-state index contributed by atoms with van der Waals surface area (Å²) >= 11 is 0. The first-order chi connectivity index (χ1) is 22.2. The molecule has 2 aromatic heterocycles. The van der Waals surface area contributed by atoms with Crippen molar-refractivity contribution >= 4 is 11.7 Å². The van der Waals surface area contributed by atoms with Crippen LogP contribution in [0.25, 0.3) is 0 Å². The molecule has 8 rings (SSSR count). The number of aromatic nitrogens is 4. The molecule has 0 unspecified atom stereocenters. The predicted molar refractivity (Wildman–Crippen MR) is 177 cm³/mol. The van der Waals surface area contributed by atoms with E-state index in [0.29, 0.717) is 30.8 Å². The van der Waals surface area contributed by atoms with Crippen molar-refractivity contribution in [3.8, 4) is 6.01 Å². The molecule has 1 aromatic carbocycles. The van der Waals surface area contributed by atoms with Gasteiger partial charge in [-0.15, -0.1) is 0 Å². The summed E-state index contributed by atoms with van der Waals surface area (Å²) in [6.45, 7) is 8.40. The Morgan fingerprint density at radius 1 is 1.07 bits per heavy atom. The second-order valence-corrected chi connectivity index (χ2v) is 14.9. The SMILES string of the molecule is C[C@H]1CN2CCC[C@@]2(COc2nc3c(c(N4CCCn5nc(C(=O)N(C)C)cc5C4)n2)CN(C)[C@@]2(CCCc4ccccc42)C3)C1. The number of aryl methyl sites for hydroxylation is 2. The quantitative estimate of drug-likeness (QED) is 0.417. The molecule has 1 amide bonds. The summed E-state index contributed by atoms with van der Waals surface area (Å²) in [7, 11) is 5.84. The third-order valence-corrected chi connectivity index (χ3v) is 11.6. The van der Waals surface area contributed by atoms with E-state index in [4.69, 9.17) is 19.8 Å². The first-order valence-electron chi connectivity index (χ1n) is 17.4. The van der Waals surface area contributed by atoms with Crippen LogP contribution in [0.5, 0.6) is 6.01 Å². The van der Waals surface area contributed by atoms with Crippen molar-refractivity contribution < 1.29 is 9.53 Å². The van der Waals surface area contributed by atoms with Crippen LogP contribution in [0.4, 0.5) is 5.82 Å². The average molecular weight is 625 g/mol. The normalized spacial score (nSPS) is 27.6. The summed E-state index contributed by atoms with van der Waals surface area (Å²) in [5.41, 5.74) is 6.81. The maximum Gasteiger partial charge on any atom is 0.318 e. The van der Waals surface area contributed by atoms with E-state index in [1.54, 1.807) is 19.0 Å². The van der Waals surface area contributed by atoms with Crippen molar-refractivity contribution in [3.63, 3.8) is 0 Å². The average Bonchev–Trinajstić information content (AvgIpc) is 3.67. The maximum absolute atomic E-state index is 12.8. The smallest absolute Gasteiger partial charge is 0.318 e. The molecule has 1 aliphatic carbocycles. The van der Waals surface area contributed by atoms with Gasteiger partial charge < -0.3 is 14.5 Å². The molecule has 2 saturated heterocycles. The molecule has 5 aliphatic rings. The van der Waals surface area contributed by atoms with Crippen LogP contribution in [0.1, 0.15) is 84.0 Å². The highest BCUT2D eigenvalue weighted by atomic mass is 16.5. The number of carbonyl (C=O) groups is 1. The van der Waals surface area contributed by atoms with Gasteiger partial charge in [0.05, 0.1) is 29.0 Å². The number of hydrogen-bond donors (Lipinski definition) is 0. The number of ether oxygens (including phenoxy) is 1. The Bertz CT molecular complexity index is 1650. The van der Waals surface area contributed by atoms with Gasteiger partial charge in [-0.25, -0.2) is 0 Å². The van der Waals surface area contributed by atoms with Gasteiger partial charge in [-0.1, -0.05) is 31.2 Å². The molecule has 244 valence electrons. The van der Waals surface area contributed by atoms with Crippen LogP contribution in [-0.4, -0.2) is 93.3 Å². The number of nitrogens with zero attached hydrogens (tertiary/aromatic N) is 8. The van der Waals surface area contributed by atoms with Crippen LogP contribution in [0.3, 0.4) is 0 Å². The Morgan fingerprint density at radius 2 is 1.93 bits per heavy atom. The third kappa shape index (κ3) is 4.91. The lowest BCUT2D eigenvalue weighted by Gasteiger charge is -2.49. The van der Waals surface area contributed by atoms with Crippen LogP contribution in [-0.2, 0) is 38.0 Å². The Hall–Kier alpha value is -3.50. The summed E-state index contributed by atoms with van der Waals surface area (Å²) in [4.78, 5) is 32.5. The van der Waals surface area contributed by atoms with E-state index in [2.05, 4.69) is 52.9 Å². The molecule has 0 radical (unpaired) electrons. The Labute approximate surface area is 272 Å². The summed E-state index contributed by atoms with van der Waals surface area (Å²) in [5.74, 6) is 1.60. The first-order valence-corrected chi connectivity index (χ1v) is 17.4. The van der Waals surface area contributed by atoms with E-state index in [0.717, 1.165) is 75.6 Å². The highest BCUT2D eigenvalue weighted by Gasteiger charge is 2.48. The number of hydrogen-bond acceptors (Lipinski definition) is 8. The molecule has 1 spiro atoms. The van der Waals surface area contributed by atoms with Crippen LogP contribution in [0, 0.1) is 5.92 Å². The van der Waals surface area contributed by atoms with Gasteiger partial charge in [-0.05, 0) is 81.6 Å². The molecule has 10 nitrogen and oxygen atoms in total. The number of likely N-dealkylation sites (N-methyl/N-ethyl adjacent to an activating group) is 1. The largest absolute Gasteiger partial charge is 0.461 e. The maximum atomic E-state index is 12.8. The molecule has 6 heterocycles. The number of amides is 1. The predicted octanol–water partition coefficient (Wildman–Crippen LogP) is 4.26. The summed E-state index contributed by atoms with van der Waals surface area (Å²) in [6.07, 6.45) is 8.81. The molecule has 0 saturated carbocycles. The Morgan fingerprint density at radius 3 is 2.80 bits per heavy atom. The van der Waals surface area contributed by atoms with E-state index >= 15 is 0 Å². The summed E-state index contributed by atoms with van der Waals surface area (Å²) in [5, 5.41) is 4.69. The fraction of sp³-hybridized carbons (Fsp3) is 0.611. The Kier molecular flexibility index (Phi) is 7.36. The van der Waals surface area contributed by atoms with E-state index in [1.165, 1.54) is 42.4 Å². The van der Waals surface area contributed by atoms with Crippen molar-refractivity contribution in [2.24, 2.45) is 5.92 Å². The van der Waals surface area contributed by atoms with Gasteiger partial charge in [0.15, 0.2) is 5.69 Å². The lowest BCUT2D eigenvalue weighted by Crippen LogP contribution is -2.51. The van der Waals surface area contributed by atoms with Crippen LogP contribution >= 0.6 is 0 Å². The zero-order chi connectivity index (χ0) is 31.6. The number of anilines is 1. The molecule has 0 bridgehead atoms. The van der Waals surface area contributed by atoms with Crippen LogP contribution < -0.4 is 9.64 Å². The first kappa shape index (κ1) is 29.9. The molecule has 4 aliphatic heterocycles. The molecule has 3 aromatic rings. The second kappa shape index (κ2) is 11.3. The molecule has 2 fully saturated rings. The molecule has 46 heavy (non-hydrogen) atoms. The van der Waals surface area contributed by atoms with E-state index < -0.39 is 0 Å². The van der Waals surface area contributed by atoms with Gasteiger partial charge in [0, 0.05) is 52.3 Å². The van der Waals surface area contributed by atoms with Crippen molar-refractivity contribution in [3.05, 3.63) is 64.1 Å². The third-order valence-electron chi connectivity index (χ3n) is 11.6. The zero-order valence-corrected chi connectivity index (χ0v) is 28.0. The fourth-order valence-electron chi connectivity index (χ4n) is 9.41. The van der Waals surface area contributed by atoms with Crippen LogP contribution in [0.2, 0.25) is 0 Å². The second-order valence-electron chi connectivity index (χ2n) is 14.9. The molecule has 10 heteroatoms. The highest BCUT2D eigenvalue weighted by molar-refractivity contribution is 5.92. The molecular weight excluding hydrogens is 576 g/mol. The Balaban J connectivity index is 1.17. The number of rotatable bonds is 5. The van der Waals surface area contributed by atoms with Gasteiger partial charge >= 0.3 is 6.01 Å². The summed E-state index contributed by atoms with van der Waals surface area (Å²) < 4.78 is 8.71. The van der Waals surface area contributed by atoms with E-state index in [-0.39, 0.29) is 17.0 Å². The van der Waals surface area contributed by atoms with Crippen LogP contribution in [0.15, 0.2) is 30.3 Å². The number of benzene rings is 1. The van der Waals surface area contributed by atoms with Gasteiger partial charge in [-0.2, -0.15) is 15.1 Å². The van der Waals surface area contributed by atoms with E-state index in [1.807, 2.05) is 10.7 Å². The van der Waals surface area contributed by atoms with Crippen molar-refractivity contribution in [1.29, 1.82) is 0 Å². The minimum Gasteiger partial charge on any atom is -0.461 e. The minimum absolute atomic E-state index is 0.0662. The fourth-order valence-corrected chi connectivity index (χ4v) is 9.41. The van der Waals surface area contributed by atoms with Crippen molar-refractivity contribution in [1.82, 2.24) is 34.4 Å². The lowest BCUT2D eigenvalue weighted by molar-refractivity contribution is 0.0714. The molecular formula is C36H48N8O2. The van der Waals surface area contributed by atoms with Crippen molar-refractivity contribution in [2.45, 2.75) is 89.0 Å². The monoisotopic (exact) mass is 624 g/mol. The van der Waals surface area contributed by atoms with Crippen molar-refractivity contribution in [2.75, 3.05) is 52.3 Å². The summed E-state index contributed by atoms with van der Waals surface area (Å²) in [6, 6.07) is 11.5. The number of fused-ring (bicyclic) bond motifs is 5. The number of carbonyl (C=O) groups excluding carboxylic acids is 1. The van der Waals surface area contributed by atoms with Gasteiger partial charge in [0.2, 0.25) is 0 Å². The van der Waals surface area contributed by atoms with E-state index in [9.17, 15) is 4.79 Å². The zero-order valence-electron chi connectivity index (χ0n) is 28.0. The molecule has 3 atom stereocenters. The highest BCUT2D eigenvalue weighted by Crippen LogP contribution is 2.47.